The van der Waals surface area contributed by atoms with E-state index in [0.717, 1.165) is 44.0 Å². The maximum absolute atomic E-state index is 5.49. The van der Waals surface area contributed by atoms with Gasteiger partial charge in [-0.2, -0.15) is 15.0 Å². The van der Waals surface area contributed by atoms with E-state index in [4.69, 9.17) is 15.0 Å². The van der Waals surface area contributed by atoms with Crippen molar-refractivity contribution in [1.82, 2.24) is 24.1 Å². The van der Waals surface area contributed by atoms with Crippen LogP contribution in [0.5, 0.6) is 0 Å². The Hall–Kier alpha value is -7.63. The second kappa shape index (κ2) is 12.7. The lowest BCUT2D eigenvalue weighted by molar-refractivity contribution is 0.661. The number of hydrogen-bond donors (Lipinski definition) is 0. The van der Waals surface area contributed by atoms with E-state index < -0.39 is 0 Å². The predicted molar refractivity (Wildman–Crippen MR) is 242 cm³/mol. The van der Waals surface area contributed by atoms with Gasteiger partial charge in [-0.3, -0.25) is 9.13 Å². The second-order valence-electron chi connectivity index (χ2n) is 16.1. The van der Waals surface area contributed by atoms with E-state index in [2.05, 4.69) is 205 Å². The Kier molecular flexibility index (Phi) is 7.20. The van der Waals surface area contributed by atoms with E-state index in [0.29, 0.717) is 17.7 Å². The Bertz CT molecular complexity index is 3450. The van der Waals surface area contributed by atoms with Crippen molar-refractivity contribution >= 4 is 43.6 Å². The molecule has 0 amide bonds. The highest BCUT2D eigenvalue weighted by atomic mass is 15.3. The summed E-state index contributed by atoms with van der Waals surface area (Å²) in [7, 11) is 0. The summed E-state index contributed by atoms with van der Waals surface area (Å²) in [6, 6.07) is 67.0. The van der Waals surface area contributed by atoms with Gasteiger partial charge in [0, 0.05) is 32.5 Å². The molecule has 0 N–H and O–H groups in total. The number of para-hydroxylation sites is 2. The topological polar surface area (TPSA) is 48.5 Å². The Balaban J connectivity index is 1.15. The summed E-state index contributed by atoms with van der Waals surface area (Å²) in [5, 5.41) is 4.64. The van der Waals surface area contributed by atoms with Crippen LogP contribution in [-0.4, -0.2) is 24.1 Å². The fourth-order valence-corrected chi connectivity index (χ4v) is 9.60. The van der Waals surface area contributed by atoms with Gasteiger partial charge >= 0.3 is 0 Å². The number of rotatable bonds is 5. The van der Waals surface area contributed by atoms with Crippen LogP contribution in [0.15, 0.2) is 188 Å². The molecule has 278 valence electrons. The smallest absolute Gasteiger partial charge is 0.240 e. The predicted octanol–water partition coefficient (Wildman–Crippen LogP) is 13.4. The quantitative estimate of drug-likeness (QED) is 0.176. The number of nitrogens with zero attached hydrogens (tertiary/aromatic N) is 5. The molecule has 5 nitrogen and oxygen atoms in total. The Morgan fingerprint density at radius 2 is 0.898 bits per heavy atom. The molecule has 8 aromatic carbocycles. The molecule has 0 atom stereocenters. The van der Waals surface area contributed by atoms with Gasteiger partial charge in [-0.25, -0.2) is 0 Å². The monoisotopic (exact) mass is 755 g/mol. The van der Waals surface area contributed by atoms with E-state index in [1.165, 1.54) is 49.7 Å². The summed E-state index contributed by atoms with van der Waals surface area (Å²) in [5.74, 6) is 1.74. The third-order valence-corrected chi connectivity index (χ3v) is 12.4. The van der Waals surface area contributed by atoms with Crippen molar-refractivity contribution in [1.29, 1.82) is 0 Å². The lowest BCUT2D eigenvalue weighted by Gasteiger charge is -2.21. The molecule has 12 rings (SSSR count). The number of aromatic nitrogens is 5. The molecule has 0 bridgehead atoms. The van der Waals surface area contributed by atoms with E-state index in [1.807, 2.05) is 6.07 Å². The van der Waals surface area contributed by atoms with Gasteiger partial charge in [-0.05, 0) is 74.8 Å². The molecule has 11 aromatic rings. The first kappa shape index (κ1) is 33.5. The van der Waals surface area contributed by atoms with Crippen LogP contribution < -0.4 is 0 Å². The van der Waals surface area contributed by atoms with Crippen LogP contribution in [-0.2, 0) is 5.41 Å². The fourth-order valence-electron chi connectivity index (χ4n) is 9.60. The van der Waals surface area contributed by atoms with E-state index in [9.17, 15) is 0 Å². The number of fused-ring (bicyclic) bond motifs is 9. The third kappa shape index (κ3) is 5.01. The first-order valence-electron chi connectivity index (χ1n) is 20.2. The van der Waals surface area contributed by atoms with E-state index in [-0.39, 0.29) is 5.41 Å². The minimum Gasteiger partial charge on any atom is -0.278 e. The fraction of sp³-hybridized carbons (Fsp3) is 0.0556. The average Bonchev–Trinajstić information content (AvgIpc) is 3.89. The summed E-state index contributed by atoms with van der Waals surface area (Å²) in [5.41, 5.74) is 14.8. The molecule has 0 unspecified atom stereocenters. The maximum atomic E-state index is 5.49. The maximum Gasteiger partial charge on any atom is 0.240 e. The molecule has 0 saturated heterocycles. The van der Waals surface area contributed by atoms with Gasteiger partial charge in [0.15, 0.2) is 5.82 Å². The Morgan fingerprint density at radius 1 is 0.356 bits per heavy atom. The lowest BCUT2D eigenvalue weighted by Crippen LogP contribution is -2.15. The van der Waals surface area contributed by atoms with E-state index >= 15 is 0 Å². The summed E-state index contributed by atoms with van der Waals surface area (Å²) in [6.45, 7) is 4.67. The molecule has 1 aliphatic carbocycles. The van der Waals surface area contributed by atoms with Crippen LogP contribution in [0.25, 0.3) is 100 Å². The van der Waals surface area contributed by atoms with Gasteiger partial charge in [0.1, 0.15) is 0 Å². The summed E-state index contributed by atoms with van der Waals surface area (Å²) in [4.78, 5) is 16.2. The average molecular weight is 756 g/mol. The molecule has 3 aromatic heterocycles. The highest BCUT2D eigenvalue weighted by Gasteiger charge is 2.36. The molecule has 0 saturated carbocycles. The molecule has 1 aliphatic rings. The van der Waals surface area contributed by atoms with Gasteiger partial charge in [0.25, 0.3) is 0 Å². The molecule has 5 heteroatoms. The third-order valence-electron chi connectivity index (χ3n) is 12.4. The SMILES string of the molecule is CC1(C)c2ccccc2-c2cc3c4ccccc4n(-c4nc(-c5ccc(-c6ccccc6)cc5)nc(-n5c6ccccc6c6c(-c7ccccc7)cccc65)n4)c3cc21. The van der Waals surface area contributed by atoms with Crippen molar-refractivity contribution < 1.29 is 0 Å². The van der Waals surface area contributed by atoms with Gasteiger partial charge in [0.2, 0.25) is 11.9 Å². The van der Waals surface area contributed by atoms with Crippen LogP contribution in [0.1, 0.15) is 25.0 Å². The molecule has 3 heterocycles. The molecule has 59 heavy (non-hydrogen) atoms. The second-order valence-corrected chi connectivity index (χ2v) is 16.1. The van der Waals surface area contributed by atoms with Crippen molar-refractivity contribution in [2.24, 2.45) is 0 Å². The zero-order chi connectivity index (χ0) is 39.2. The molecular weight excluding hydrogens is 719 g/mol. The van der Waals surface area contributed by atoms with Gasteiger partial charge in [-0.15, -0.1) is 0 Å². The highest BCUT2D eigenvalue weighted by molar-refractivity contribution is 6.16. The largest absolute Gasteiger partial charge is 0.278 e. The first-order valence-corrected chi connectivity index (χ1v) is 20.2. The normalized spacial score (nSPS) is 13.1. The van der Waals surface area contributed by atoms with Crippen LogP contribution in [0, 0.1) is 0 Å². The molecule has 0 radical (unpaired) electrons. The summed E-state index contributed by atoms with van der Waals surface area (Å²) < 4.78 is 4.47. The van der Waals surface area contributed by atoms with Crippen molar-refractivity contribution in [3.05, 3.63) is 199 Å². The number of benzene rings is 8. The zero-order valence-corrected chi connectivity index (χ0v) is 32.6. The molecule has 0 aliphatic heterocycles. The minimum atomic E-state index is -0.170. The Morgan fingerprint density at radius 3 is 1.64 bits per heavy atom. The standard InChI is InChI=1S/C54H37N5/c1-54(2)44-24-12-9-20-39(44)42-32-43-40-21-10-13-25-46(40)59(49(43)33-45(42)54)53-56-51(37-30-28-35(29-31-37)34-16-5-3-6-17-34)55-52(57-53)58-47-26-14-11-22-41(47)50-38(23-15-27-48(50)58)36-18-7-4-8-19-36/h3-33H,1-2H3. The van der Waals surface area contributed by atoms with Gasteiger partial charge in [-0.1, -0.05) is 172 Å². The lowest BCUT2D eigenvalue weighted by atomic mass is 9.82. The number of hydrogen-bond acceptors (Lipinski definition) is 3. The van der Waals surface area contributed by atoms with Crippen molar-refractivity contribution in [2.75, 3.05) is 0 Å². The van der Waals surface area contributed by atoms with Crippen LogP contribution in [0.3, 0.4) is 0 Å². The zero-order valence-electron chi connectivity index (χ0n) is 32.6. The van der Waals surface area contributed by atoms with E-state index in [1.54, 1.807) is 0 Å². The van der Waals surface area contributed by atoms with Crippen molar-refractivity contribution in [3.8, 4) is 56.7 Å². The Labute approximate surface area is 341 Å². The van der Waals surface area contributed by atoms with Gasteiger partial charge in [0.05, 0.1) is 22.1 Å². The summed E-state index contributed by atoms with van der Waals surface area (Å²) in [6.07, 6.45) is 0. The van der Waals surface area contributed by atoms with Gasteiger partial charge < -0.3 is 0 Å². The molecule has 0 spiro atoms. The van der Waals surface area contributed by atoms with Crippen molar-refractivity contribution in [3.63, 3.8) is 0 Å². The first-order chi connectivity index (χ1) is 29.0. The van der Waals surface area contributed by atoms with Crippen LogP contribution >= 0.6 is 0 Å². The van der Waals surface area contributed by atoms with Crippen molar-refractivity contribution in [2.45, 2.75) is 19.3 Å². The van der Waals surface area contributed by atoms with Crippen LogP contribution in [0.2, 0.25) is 0 Å². The molecule has 0 fully saturated rings. The molecular formula is C54H37N5. The summed E-state index contributed by atoms with van der Waals surface area (Å²) >= 11 is 0. The van der Waals surface area contributed by atoms with Crippen LogP contribution in [0.4, 0.5) is 0 Å². The minimum absolute atomic E-state index is 0.170. The highest BCUT2D eigenvalue weighted by Crippen LogP contribution is 2.51.